The number of piperidine rings is 1. The Labute approximate surface area is 114 Å². The van der Waals surface area contributed by atoms with E-state index in [9.17, 15) is 13.5 Å². The molecule has 0 saturated carbocycles. The van der Waals surface area contributed by atoms with Crippen LogP contribution in [0.25, 0.3) is 0 Å². The summed E-state index contributed by atoms with van der Waals surface area (Å²) in [4.78, 5) is 0.260. The van der Waals surface area contributed by atoms with Gasteiger partial charge in [0, 0.05) is 19.1 Å². The second-order valence-corrected chi connectivity index (χ2v) is 6.69. The molecule has 1 aromatic carbocycles. The lowest BCUT2D eigenvalue weighted by atomic mass is 10.1. The van der Waals surface area contributed by atoms with Gasteiger partial charge in [0.15, 0.2) is 0 Å². The predicted molar refractivity (Wildman–Crippen MR) is 73.0 cm³/mol. The summed E-state index contributed by atoms with van der Waals surface area (Å²) in [6.45, 7) is 0.656. The van der Waals surface area contributed by atoms with Crippen molar-refractivity contribution in [3.05, 3.63) is 29.8 Å². The van der Waals surface area contributed by atoms with Gasteiger partial charge in [-0.3, -0.25) is 0 Å². The Hall–Kier alpha value is -0.950. The average molecular weight is 284 g/mol. The molecule has 6 heteroatoms. The molecule has 1 atom stereocenters. The Balaban J connectivity index is 2.34. The Morgan fingerprint density at radius 3 is 2.84 bits per heavy atom. The van der Waals surface area contributed by atoms with E-state index in [-0.39, 0.29) is 17.5 Å². The zero-order valence-electron chi connectivity index (χ0n) is 10.8. The van der Waals surface area contributed by atoms with E-state index in [4.69, 9.17) is 5.73 Å². The molecule has 5 nitrogen and oxygen atoms in total. The summed E-state index contributed by atoms with van der Waals surface area (Å²) in [6.07, 6.45) is 2.51. The van der Waals surface area contributed by atoms with Crippen molar-refractivity contribution in [3.8, 4) is 0 Å². The Morgan fingerprint density at radius 1 is 1.37 bits per heavy atom. The van der Waals surface area contributed by atoms with Crippen LogP contribution in [-0.2, 0) is 16.6 Å². The van der Waals surface area contributed by atoms with E-state index < -0.39 is 10.0 Å². The van der Waals surface area contributed by atoms with E-state index in [0.29, 0.717) is 19.5 Å². The van der Waals surface area contributed by atoms with Crippen molar-refractivity contribution in [1.82, 2.24) is 4.31 Å². The fourth-order valence-electron chi connectivity index (χ4n) is 2.44. The number of aliphatic hydroxyl groups excluding tert-OH is 1. The molecule has 0 aliphatic carbocycles. The van der Waals surface area contributed by atoms with Crippen LogP contribution in [0.3, 0.4) is 0 Å². The molecule has 0 spiro atoms. The van der Waals surface area contributed by atoms with E-state index in [2.05, 4.69) is 0 Å². The van der Waals surface area contributed by atoms with Gasteiger partial charge in [0.05, 0.1) is 11.5 Å². The number of nitrogens with two attached hydrogens (primary N) is 1. The Morgan fingerprint density at radius 2 is 2.16 bits per heavy atom. The summed E-state index contributed by atoms with van der Waals surface area (Å²) in [7, 11) is -3.54. The Bertz CT molecular complexity index is 530. The number of nitrogens with zero attached hydrogens (tertiary/aromatic N) is 1. The molecule has 106 valence electrons. The number of sulfonamides is 1. The maximum atomic E-state index is 12.6. The highest BCUT2D eigenvalue weighted by Gasteiger charge is 2.32. The lowest BCUT2D eigenvalue weighted by molar-refractivity contribution is 0.155. The van der Waals surface area contributed by atoms with Crippen LogP contribution < -0.4 is 5.73 Å². The van der Waals surface area contributed by atoms with Crippen LogP contribution in [0.2, 0.25) is 0 Å². The summed E-state index contributed by atoms with van der Waals surface area (Å²) in [6, 6.07) is 6.39. The summed E-state index contributed by atoms with van der Waals surface area (Å²) >= 11 is 0. The van der Waals surface area contributed by atoms with E-state index >= 15 is 0 Å². The fraction of sp³-hybridized carbons (Fsp3) is 0.538. The van der Waals surface area contributed by atoms with E-state index in [1.807, 2.05) is 0 Å². The summed E-state index contributed by atoms with van der Waals surface area (Å²) in [5.74, 6) is 0. The van der Waals surface area contributed by atoms with Gasteiger partial charge in [0.25, 0.3) is 0 Å². The molecule has 1 aromatic rings. The minimum atomic E-state index is -3.54. The van der Waals surface area contributed by atoms with Gasteiger partial charge in [0.2, 0.25) is 10.0 Å². The van der Waals surface area contributed by atoms with Crippen LogP contribution in [0.4, 0.5) is 0 Å². The van der Waals surface area contributed by atoms with Crippen molar-refractivity contribution in [2.24, 2.45) is 5.73 Å². The molecular weight excluding hydrogens is 264 g/mol. The predicted octanol–water partition coefficient (Wildman–Crippen LogP) is 0.681. The van der Waals surface area contributed by atoms with Crippen molar-refractivity contribution in [2.45, 2.75) is 36.7 Å². The summed E-state index contributed by atoms with van der Waals surface area (Å²) < 4.78 is 26.6. The largest absolute Gasteiger partial charge is 0.395 e. The van der Waals surface area contributed by atoms with E-state index in [0.717, 1.165) is 18.4 Å². The molecule has 1 saturated heterocycles. The molecule has 0 amide bonds. The number of hydrogen-bond donors (Lipinski definition) is 2. The van der Waals surface area contributed by atoms with Crippen LogP contribution in [0.15, 0.2) is 29.2 Å². The summed E-state index contributed by atoms with van der Waals surface area (Å²) in [5, 5.41) is 9.35. The van der Waals surface area contributed by atoms with Crippen LogP contribution in [-0.4, -0.2) is 37.0 Å². The molecule has 0 radical (unpaired) electrons. The highest BCUT2D eigenvalue weighted by molar-refractivity contribution is 7.89. The third kappa shape index (κ3) is 2.97. The van der Waals surface area contributed by atoms with Crippen molar-refractivity contribution in [1.29, 1.82) is 0 Å². The lowest BCUT2D eigenvalue weighted by Gasteiger charge is -2.33. The molecule has 2 rings (SSSR count). The maximum absolute atomic E-state index is 12.6. The third-order valence-electron chi connectivity index (χ3n) is 3.52. The topological polar surface area (TPSA) is 83.6 Å². The van der Waals surface area contributed by atoms with E-state index in [1.54, 1.807) is 24.3 Å². The van der Waals surface area contributed by atoms with Crippen molar-refractivity contribution in [2.75, 3.05) is 13.2 Å². The molecule has 1 fully saturated rings. The number of aliphatic hydroxyl groups is 1. The first-order chi connectivity index (χ1) is 9.09. The quantitative estimate of drug-likeness (QED) is 0.851. The van der Waals surface area contributed by atoms with Crippen molar-refractivity contribution in [3.63, 3.8) is 0 Å². The molecule has 19 heavy (non-hydrogen) atoms. The minimum Gasteiger partial charge on any atom is -0.395 e. The SMILES string of the molecule is NCc1cccc(S(=O)(=O)N2CCCCC2CO)c1. The number of hydrogen-bond acceptors (Lipinski definition) is 4. The highest BCUT2D eigenvalue weighted by Crippen LogP contribution is 2.25. The Kier molecular flexibility index (Phi) is 4.57. The van der Waals surface area contributed by atoms with Gasteiger partial charge in [-0.2, -0.15) is 4.31 Å². The molecule has 3 N–H and O–H groups in total. The van der Waals surface area contributed by atoms with Crippen molar-refractivity contribution >= 4 is 10.0 Å². The van der Waals surface area contributed by atoms with Crippen LogP contribution in [0.1, 0.15) is 24.8 Å². The van der Waals surface area contributed by atoms with Crippen LogP contribution in [0, 0.1) is 0 Å². The first-order valence-corrected chi connectivity index (χ1v) is 7.95. The first-order valence-electron chi connectivity index (χ1n) is 6.51. The lowest BCUT2D eigenvalue weighted by Crippen LogP contribution is -2.45. The van der Waals surface area contributed by atoms with Gasteiger partial charge in [0.1, 0.15) is 0 Å². The zero-order valence-corrected chi connectivity index (χ0v) is 11.6. The minimum absolute atomic E-state index is 0.129. The highest BCUT2D eigenvalue weighted by atomic mass is 32.2. The molecule has 0 bridgehead atoms. The average Bonchev–Trinajstić information content (AvgIpc) is 2.47. The first kappa shape index (κ1) is 14.5. The number of benzene rings is 1. The molecule has 1 heterocycles. The third-order valence-corrected chi connectivity index (χ3v) is 5.47. The molecule has 1 aliphatic rings. The van der Waals surface area contributed by atoms with Gasteiger partial charge < -0.3 is 10.8 Å². The van der Waals surface area contributed by atoms with Crippen LogP contribution in [0.5, 0.6) is 0 Å². The van der Waals surface area contributed by atoms with E-state index in [1.165, 1.54) is 4.31 Å². The maximum Gasteiger partial charge on any atom is 0.243 e. The fourth-order valence-corrected chi connectivity index (χ4v) is 4.20. The van der Waals surface area contributed by atoms with Crippen LogP contribution >= 0.6 is 0 Å². The van der Waals surface area contributed by atoms with Crippen molar-refractivity contribution < 1.29 is 13.5 Å². The summed E-state index contributed by atoms with van der Waals surface area (Å²) in [5.41, 5.74) is 6.34. The second-order valence-electron chi connectivity index (χ2n) is 4.80. The monoisotopic (exact) mass is 284 g/mol. The van der Waals surface area contributed by atoms with Gasteiger partial charge in [-0.05, 0) is 30.5 Å². The molecule has 0 aromatic heterocycles. The normalized spacial score (nSPS) is 21.5. The zero-order chi connectivity index (χ0) is 13.9. The number of rotatable bonds is 4. The van der Waals surface area contributed by atoms with Gasteiger partial charge in [-0.15, -0.1) is 0 Å². The molecular formula is C13H20N2O3S. The second kappa shape index (κ2) is 6.00. The molecule has 1 aliphatic heterocycles. The smallest absolute Gasteiger partial charge is 0.243 e. The standard InChI is InChI=1S/C13H20N2O3S/c14-9-11-4-3-6-13(8-11)19(17,18)15-7-2-1-5-12(15)10-16/h3-4,6,8,12,16H,1-2,5,7,9-10,14H2. The molecule has 1 unspecified atom stereocenters. The van der Waals surface area contributed by atoms with Gasteiger partial charge in [-0.25, -0.2) is 8.42 Å². The van der Waals surface area contributed by atoms with Gasteiger partial charge >= 0.3 is 0 Å². The van der Waals surface area contributed by atoms with Gasteiger partial charge in [-0.1, -0.05) is 18.6 Å².